The molecule has 16 heavy (non-hydrogen) atoms. The quantitative estimate of drug-likeness (QED) is 0.826. The van der Waals surface area contributed by atoms with Gasteiger partial charge in [0.2, 0.25) is 0 Å². The van der Waals surface area contributed by atoms with E-state index in [0.717, 1.165) is 0 Å². The zero-order valence-electron chi connectivity index (χ0n) is 8.98. The van der Waals surface area contributed by atoms with Crippen LogP contribution in [0.15, 0.2) is 35.4 Å². The number of benzene rings is 1. The Labute approximate surface area is 104 Å². The Balaban J connectivity index is 1.78. The SMILES string of the molecule is c1ccc2[nH]c(SN3CCSCC3)cc2c1. The van der Waals surface area contributed by atoms with Crippen LogP contribution in [0.2, 0.25) is 0 Å². The van der Waals surface area contributed by atoms with E-state index in [1.54, 1.807) is 0 Å². The van der Waals surface area contributed by atoms with Gasteiger partial charge in [-0.3, -0.25) is 0 Å². The molecule has 1 aromatic carbocycles. The number of aromatic amines is 1. The van der Waals surface area contributed by atoms with Crippen LogP contribution in [-0.4, -0.2) is 33.9 Å². The Morgan fingerprint density at radius 2 is 2.00 bits per heavy atom. The standard InChI is InChI=1S/C12H14N2S2/c1-2-4-11-10(3-1)9-12(13-11)16-14-5-7-15-8-6-14/h1-4,9,13H,5-8H2. The maximum absolute atomic E-state index is 3.46. The van der Waals surface area contributed by atoms with Crippen molar-refractivity contribution < 1.29 is 0 Å². The maximum atomic E-state index is 3.46. The summed E-state index contributed by atoms with van der Waals surface area (Å²) in [6.07, 6.45) is 0. The van der Waals surface area contributed by atoms with E-state index in [9.17, 15) is 0 Å². The van der Waals surface area contributed by atoms with Crippen molar-refractivity contribution in [2.24, 2.45) is 0 Å². The normalized spacial score (nSPS) is 18.0. The van der Waals surface area contributed by atoms with Crippen molar-refractivity contribution in [1.29, 1.82) is 0 Å². The zero-order chi connectivity index (χ0) is 10.8. The van der Waals surface area contributed by atoms with Crippen molar-refractivity contribution in [2.75, 3.05) is 24.6 Å². The average Bonchev–Trinajstić information content (AvgIpc) is 2.72. The Morgan fingerprint density at radius 3 is 2.81 bits per heavy atom. The van der Waals surface area contributed by atoms with Gasteiger partial charge in [0, 0.05) is 35.5 Å². The number of thioether (sulfide) groups is 1. The minimum absolute atomic E-state index is 1.19. The van der Waals surface area contributed by atoms with Crippen LogP contribution in [0, 0.1) is 0 Å². The number of fused-ring (bicyclic) bond motifs is 1. The van der Waals surface area contributed by atoms with Crippen molar-refractivity contribution in [3.63, 3.8) is 0 Å². The molecule has 3 rings (SSSR count). The van der Waals surface area contributed by atoms with E-state index in [1.807, 2.05) is 23.7 Å². The fourth-order valence-electron chi connectivity index (χ4n) is 1.87. The van der Waals surface area contributed by atoms with Crippen LogP contribution in [0.5, 0.6) is 0 Å². The third-order valence-electron chi connectivity index (χ3n) is 2.70. The number of nitrogens with one attached hydrogen (secondary N) is 1. The number of aromatic nitrogens is 1. The predicted molar refractivity (Wildman–Crippen MR) is 73.1 cm³/mol. The largest absolute Gasteiger partial charge is 0.349 e. The van der Waals surface area contributed by atoms with E-state index in [4.69, 9.17) is 0 Å². The zero-order valence-corrected chi connectivity index (χ0v) is 10.6. The first-order valence-corrected chi connectivity index (χ1v) is 7.43. The number of para-hydroxylation sites is 1. The van der Waals surface area contributed by atoms with Crippen LogP contribution in [0.4, 0.5) is 0 Å². The molecule has 1 saturated heterocycles. The molecule has 1 aliphatic heterocycles. The molecule has 2 aromatic rings. The number of nitrogens with zero attached hydrogens (tertiary/aromatic N) is 1. The smallest absolute Gasteiger partial charge is 0.0887 e. The first-order valence-electron chi connectivity index (χ1n) is 5.50. The summed E-state index contributed by atoms with van der Waals surface area (Å²) in [5, 5.41) is 2.56. The van der Waals surface area contributed by atoms with Crippen LogP contribution in [0.1, 0.15) is 0 Å². The van der Waals surface area contributed by atoms with E-state index >= 15 is 0 Å². The second kappa shape index (κ2) is 4.73. The molecule has 4 heteroatoms. The van der Waals surface area contributed by atoms with E-state index in [0.29, 0.717) is 0 Å². The van der Waals surface area contributed by atoms with E-state index in [2.05, 4.69) is 39.6 Å². The van der Waals surface area contributed by atoms with Gasteiger partial charge >= 0.3 is 0 Å². The molecule has 0 aliphatic carbocycles. The van der Waals surface area contributed by atoms with Crippen LogP contribution in [-0.2, 0) is 0 Å². The molecule has 1 N–H and O–H groups in total. The molecule has 0 atom stereocenters. The lowest BCUT2D eigenvalue weighted by Crippen LogP contribution is -2.26. The molecule has 84 valence electrons. The van der Waals surface area contributed by atoms with Gasteiger partial charge in [-0.1, -0.05) is 18.2 Å². The van der Waals surface area contributed by atoms with Crippen LogP contribution in [0.25, 0.3) is 10.9 Å². The van der Waals surface area contributed by atoms with E-state index in [-0.39, 0.29) is 0 Å². The first-order chi connectivity index (χ1) is 7.92. The van der Waals surface area contributed by atoms with Gasteiger partial charge in [-0.2, -0.15) is 11.8 Å². The molecule has 0 amide bonds. The van der Waals surface area contributed by atoms with Gasteiger partial charge in [-0.05, 0) is 24.1 Å². The predicted octanol–water partition coefficient (Wildman–Crippen LogP) is 3.22. The molecule has 0 spiro atoms. The molecular formula is C12H14N2S2. The number of H-pyrrole nitrogens is 1. The van der Waals surface area contributed by atoms with Gasteiger partial charge in [0.25, 0.3) is 0 Å². The third kappa shape index (κ3) is 2.24. The van der Waals surface area contributed by atoms with Gasteiger partial charge in [0.05, 0.1) is 5.03 Å². The highest BCUT2D eigenvalue weighted by molar-refractivity contribution is 8.00. The average molecular weight is 250 g/mol. The minimum atomic E-state index is 1.19. The molecule has 2 nitrogen and oxygen atoms in total. The highest BCUT2D eigenvalue weighted by Crippen LogP contribution is 2.27. The lowest BCUT2D eigenvalue weighted by molar-refractivity contribution is 0.521. The van der Waals surface area contributed by atoms with Crippen molar-refractivity contribution in [1.82, 2.24) is 9.29 Å². The Kier molecular flexibility index (Phi) is 3.13. The van der Waals surface area contributed by atoms with Crippen molar-refractivity contribution in [3.8, 4) is 0 Å². The van der Waals surface area contributed by atoms with Gasteiger partial charge in [0.15, 0.2) is 0 Å². The van der Waals surface area contributed by atoms with Crippen LogP contribution >= 0.6 is 23.7 Å². The summed E-state index contributed by atoms with van der Waals surface area (Å²) in [5.41, 5.74) is 1.23. The van der Waals surface area contributed by atoms with Crippen molar-refractivity contribution in [2.45, 2.75) is 5.03 Å². The molecule has 1 fully saturated rings. The molecular weight excluding hydrogens is 236 g/mol. The second-order valence-electron chi connectivity index (χ2n) is 3.85. The Morgan fingerprint density at radius 1 is 1.19 bits per heavy atom. The summed E-state index contributed by atoms with van der Waals surface area (Å²) >= 11 is 3.90. The molecule has 0 saturated carbocycles. The Hall–Kier alpha value is -0.580. The minimum Gasteiger partial charge on any atom is -0.349 e. The van der Waals surface area contributed by atoms with Crippen molar-refractivity contribution >= 4 is 34.6 Å². The fraction of sp³-hybridized carbons (Fsp3) is 0.333. The maximum Gasteiger partial charge on any atom is 0.0887 e. The summed E-state index contributed by atoms with van der Waals surface area (Å²) in [5.74, 6) is 2.51. The van der Waals surface area contributed by atoms with Crippen LogP contribution < -0.4 is 0 Å². The number of rotatable bonds is 2. The Bertz CT molecular complexity index is 442. The van der Waals surface area contributed by atoms with E-state index in [1.165, 1.54) is 40.5 Å². The highest BCUT2D eigenvalue weighted by atomic mass is 32.2. The summed E-state index contributed by atoms with van der Waals surface area (Å²) in [6.45, 7) is 2.37. The lowest BCUT2D eigenvalue weighted by atomic mass is 10.3. The van der Waals surface area contributed by atoms with E-state index < -0.39 is 0 Å². The van der Waals surface area contributed by atoms with Gasteiger partial charge < -0.3 is 4.98 Å². The molecule has 2 heterocycles. The lowest BCUT2D eigenvalue weighted by Gasteiger charge is -2.23. The monoisotopic (exact) mass is 250 g/mol. The third-order valence-corrected chi connectivity index (χ3v) is 4.69. The van der Waals surface area contributed by atoms with Gasteiger partial charge in [-0.15, -0.1) is 0 Å². The van der Waals surface area contributed by atoms with Crippen LogP contribution in [0.3, 0.4) is 0 Å². The molecule has 0 unspecified atom stereocenters. The summed E-state index contributed by atoms with van der Waals surface area (Å²) in [4.78, 5) is 3.46. The first kappa shape index (κ1) is 10.6. The second-order valence-corrected chi connectivity index (χ2v) is 6.22. The number of hydrogen-bond donors (Lipinski definition) is 1. The molecule has 1 aromatic heterocycles. The highest BCUT2D eigenvalue weighted by Gasteiger charge is 2.12. The topological polar surface area (TPSA) is 19.0 Å². The van der Waals surface area contributed by atoms with Gasteiger partial charge in [0.1, 0.15) is 0 Å². The van der Waals surface area contributed by atoms with Gasteiger partial charge in [-0.25, -0.2) is 4.31 Å². The number of hydrogen-bond acceptors (Lipinski definition) is 3. The molecule has 0 bridgehead atoms. The molecule has 0 radical (unpaired) electrons. The summed E-state index contributed by atoms with van der Waals surface area (Å²) < 4.78 is 2.45. The fourth-order valence-corrected chi connectivity index (χ4v) is 3.99. The molecule has 1 aliphatic rings. The summed E-state index contributed by atoms with van der Waals surface area (Å²) in [7, 11) is 0. The summed E-state index contributed by atoms with van der Waals surface area (Å²) in [6, 6.07) is 10.7. The van der Waals surface area contributed by atoms with Crippen molar-refractivity contribution in [3.05, 3.63) is 30.3 Å².